The zero-order chi connectivity index (χ0) is 15.5. The molecule has 6 heteroatoms. The maximum atomic E-state index is 5.81. The lowest BCUT2D eigenvalue weighted by Gasteiger charge is -2.34. The summed E-state index contributed by atoms with van der Waals surface area (Å²) in [5, 5.41) is 4.46. The second-order valence-corrected chi connectivity index (χ2v) is 6.09. The molecule has 0 aliphatic carbocycles. The van der Waals surface area contributed by atoms with E-state index in [2.05, 4.69) is 37.8 Å². The summed E-state index contributed by atoms with van der Waals surface area (Å²) < 4.78 is 7.88. The van der Waals surface area contributed by atoms with E-state index < -0.39 is 0 Å². The lowest BCUT2D eigenvalue weighted by molar-refractivity contribution is 0.231. The topological polar surface area (TPSA) is 56.1 Å². The predicted octanol–water partition coefficient (Wildman–Crippen LogP) is 2.61. The normalized spacial score (nSPS) is 18.7. The smallest absolute Gasteiger partial charge is 0.257 e. The van der Waals surface area contributed by atoms with Crippen molar-refractivity contribution in [2.75, 3.05) is 18.0 Å². The number of hydrogen-bond donors (Lipinski definition) is 0. The van der Waals surface area contributed by atoms with Gasteiger partial charge >= 0.3 is 0 Å². The van der Waals surface area contributed by atoms with Gasteiger partial charge in [-0.05, 0) is 39.2 Å². The molecule has 0 bridgehead atoms. The number of ether oxygens (including phenoxy) is 1. The Bertz CT molecular complexity index is 625. The first-order valence-corrected chi connectivity index (χ1v) is 7.87. The molecule has 0 radical (unpaired) electrons. The van der Waals surface area contributed by atoms with E-state index in [-0.39, 0.29) is 6.10 Å². The first-order valence-electron chi connectivity index (χ1n) is 7.87. The summed E-state index contributed by atoms with van der Waals surface area (Å²) in [4.78, 5) is 11.1. The lowest BCUT2D eigenvalue weighted by atomic mass is 10.1. The highest BCUT2D eigenvalue weighted by Crippen LogP contribution is 2.29. The van der Waals surface area contributed by atoms with Crippen LogP contribution in [-0.4, -0.2) is 38.9 Å². The highest BCUT2D eigenvalue weighted by molar-refractivity contribution is 5.48. The molecule has 2 aromatic rings. The Morgan fingerprint density at radius 2 is 2.09 bits per heavy atom. The standard InChI is InChI=1S/C16H23N5O/c1-12(2)22-16-15(17-6-7-18-16)20-8-4-5-14(11-20)21-10-13(3)9-19-21/h6-7,9-10,12,14H,4-5,8,11H2,1-3H3. The summed E-state index contributed by atoms with van der Waals surface area (Å²) in [6.45, 7) is 7.94. The van der Waals surface area contributed by atoms with Gasteiger partial charge in [0.1, 0.15) is 0 Å². The summed E-state index contributed by atoms with van der Waals surface area (Å²) >= 11 is 0. The molecule has 3 rings (SSSR count). The summed E-state index contributed by atoms with van der Waals surface area (Å²) in [7, 11) is 0. The second kappa shape index (κ2) is 6.34. The van der Waals surface area contributed by atoms with Crippen LogP contribution >= 0.6 is 0 Å². The quantitative estimate of drug-likeness (QED) is 0.869. The van der Waals surface area contributed by atoms with Crippen molar-refractivity contribution >= 4 is 5.82 Å². The van der Waals surface area contributed by atoms with Gasteiger partial charge in [0.2, 0.25) is 0 Å². The van der Waals surface area contributed by atoms with Crippen molar-refractivity contribution < 1.29 is 4.74 Å². The van der Waals surface area contributed by atoms with Gasteiger partial charge in [0.25, 0.3) is 5.88 Å². The maximum Gasteiger partial charge on any atom is 0.257 e. The van der Waals surface area contributed by atoms with E-state index in [0.717, 1.165) is 31.7 Å². The van der Waals surface area contributed by atoms with Gasteiger partial charge in [-0.2, -0.15) is 5.10 Å². The van der Waals surface area contributed by atoms with Crippen LogP contribution in [-0.2, 0) is 0 Å². The van der Waals surface area contributed by atoms with Gasteiger partial charge in [-0.25, -0.2) is 9.97 Å². The number of aromatic nitrogens is 4. The number of piperidine rings is 1. The van der Waals surface area contributed by atoms with Crippen LogP contribution in [0.25, 0.3) is 0 Å². The SMILES string of the molecule is Cc1cnn(C2CCCN(c3nccnc3OC(C)C)C2)c1. The van der Waals surface area contributed by atoms with E-state index in [9.17, 15) is 0 Å². The Kier molecular flexibility index (Phi) is 4.27. The van der Waals surface area contributed by atoms with Crippen molar-refractivity contribution in [1.29, 1.82) is 0 Å². The van der Waals surface area contributed by atoms with Crippen LogP contribution < -0.4 is 9.64 Å². The van der Waals surface area contributed by atoms with Crippen LogP contribution in [0.1, 0.15) is 38.3 Å². The van der Waals surface area contributed by atoms with Crippen molar-refractivity contribution in [2.45, 2.75) is 45.8 Å². The minimum Gasteiger partial charge on any atom is -0.472 e. The molecule has 1 aliphatic heterocycles. The molecule has 1 saturated heterocycles. The van der Waals surface area contributed by atoms with E-state index >= 15 is 0 Å². The van der Waals surface area contributed by atoms with Crippen molar-refractivity contribution in [3.05, 3.63) is 30.4 Å². The summed E-state index contributed by atoms with van der Waals surface area (Å²) in [6, 6.07) is 0.372. The Morgan fingerprint density at radius 3 is 2.82 bits per heavy atom. The zero-order valence-corrected chi connectivity index (χ0v) is 13.4. The van der Waals surface area contributed by atoms with Gasteiger partial charge in [-0.15, -0.1) is 0 Å². The molecule has 1 fully saturated rings. The molecule has 1 aliphatic rings. The van der Waals surface area contributed by atoms with Gasteiger partial charge in [-0.3, -0.25) is 4.68 Å². The first kappa shape index (κ1) is 14.8. The van der Waals surface area contributed by atoms with Crippen molar-refractivity contribution in [3.8, 4) is 5.88 Å². The average molecular weight is 301 g/mol. The number of nitrogens with zero attached hydrogens (tertiary/aromatic N) is 5. The maximum absolute atomic E-state index is 5.81. The Hall–Kier alpha value is -2.11. The van der Waals surface area contributed by atoms with Gasteiger partial charge in [-0.1, -0.05) is 0 Å². The first-order chi connectivity index (χ1) is 10.6. The Morgan fingerprint density at radius 1 is 1.27 bits per heavy atom. The molecule has 0 saturated carbocycles. The predicted molar refractivity (Wildman–Crippen MR) is 85.2 cm³/mol. The molecule has 1 unspecified atom stereocenters. The van der Waals surface area contributed by atoms with Gasteiger partial charge in [0.15, 0.2) is 5.82 Å². The summed E-state index contributed by atoms with van der Waals surface area (Å²) in [6.07, 6.45) is 9.76. The Labute approximate surface area is 131 Å². The van der Waals surface area contributed by atoms with Crippen LogP contribution in [0.3, 0.4) is 0 Å². The number of anilines is 1. The molecule has 0 aromatic carbocycles. The minimum absolute atomic E-state index is 0.0878. The van der Waals surface area contributed by atoms with Gasteiger partial charge in [0, 0.05) is 31.7 Å². The van der Waals surface area contributed by atoms with Crippen molar-refractivity contribution in [2.24, 2.45) is 0 Å². The molecule has 22 heavy (non-hydrogen) atoms. The zero-order valence-electron chi connectivity index (χ0n) is 13.4. The number of hydrogen-bond acceptors (Lipinski definition) is 5. The molecule has 118 valence electrons. The van der Waals surface area contributed by atoms with Crippen LogP contribution in [0.4, 0.5) is 5.82 Å². The van der Waals surface area contributed by atoms with Crippen LogP contribution in [0.2, 0.25) is 0 Å². The summed E-state index contributed by atoms with van der Waals surface area (Å²) in [5.74, 6) is 1.46. The monoisotopic (exact) mass is 301 g/mol. The van der Waals surface area contributed by atoms with E-state index in [1.807, 2.05) is 20.0 Å². The Balaban J connectivity index is 1.80. The third kappa shape index (κ3) is 3.21. The molecule has 6 nitrogen and oxygen atoms in total. The molecule has 2 aromatic heterocycles. The minimum atomic E-state index is 0.0878. The molecule has 3 heterocycles. The highest BCUT2D eigenvalue weighted by atomic mass is 16.5. The fourth-order valence-corrected chi connectivity index (χ4v) is 2.84. The number of aryl methyl sites for hydroxylation is 1. The third-order valence-electron chi connectivity index (χ3n) is 3.79. The second-order valence-electron chi connectivity index (χ2n) is 6.09. The van der Waals surface area contributed by atoms with Gasteiger partial charge < -0.3 is 9.64 Å². The van der Waals surface area contributed by atoms with Crippen molar-refractivity contribution in [1.82, 2.24) is 19.7 Å². The van der Waals surface area contributed by atoms with E-state index in [1.54, 1.807) is 12.4 Å². The average Bonchev–Trinajstić information content (AvgIpc) is 2.94. The van der Waals surface area contributed by atoms with Crippen LogP contribution in [0, 0.1) is 6.92 Å². The van der Waals surface area contributed by atoms with E-state index in [0.29, 0.717) is 11.9 Å². The van der Waals surface area contributed by atoms with Crippen LogP contribution in [0.5, 0.6) is 5.88 Å². The molecular formula is C16H23N5O. The summed E-state index contributed by atoms with van der Waals surface area (Å²) in [5.41, 5.74) is 1.19. The van der Waals surface area contributed by atoms with E-state index in [1.165, 1.54) is 5.56 Å². The van der Waals surface area contributed by atoms with Crippen molar-refractivity contribution in [3.63, 3.8) is 0 Å². The lowest BCUT2D eigenvalue weighted by Crippen LogP contribution is -2.37. The van der Waals surface area contributed by atoms with Crippen LogP contribution in [0.15, 0.2) is 24.8 Å². The molecular weight excluding hydrogens is 278 g/mol. The highest BCUT2D eigenvalue weighted by Gasteiger charge is 2.25. The molecule has 1 atom stereocenters. The fourth-order valence-electron chi connectivity index (χ4n) is 2.84. The fraction of sp³-hybridized carbons (Fsp3) is 0.562. The number of rotatable bonds is 4. The molecule has 0 amide bonds. The molecule has 0 N–H and O–H groups in total. The molecule has 0 spiro atoms. The van der Waals surface area contributed by atoms with E-state index in [4.69, 9.17) is 4.74 Å². The van der Waals surface area contributed by atoms with Gasteiger partial charge in [0.05, 0.1) is 18.3 Å². The largest absolute Gasteiger partial charge is 0.472 e. The third-order valence-corrected chi connectivity index (χ3v) is 3.79.